The van der Waals surface area contributed by atoms with Crippen LogP contribution in [-0.4, -0.2) is 13.0 Å². The summed E-state index contributed by atoms with van der Waals surface area (Å²) < 4.78 is 31.4. The van der Waals surface area contributed by atoms with Gasteiger partial charge in [-0.15, -0.1) is 0 Å². The molecule has 0 amide bonds. The molecule has 0 aromatic heterocycles. The Morgan fingerprint density at radius 1 is 1.15 bits per heavy atom. The maximum atomic E-state index is 10.6. The maximum Gasteiger partial charge on any atom is 0.294 e. The largest absolute Gasteiger partial charge is 0.294 e. The van der Waals surface area contributed by atoms with E-state index in [1.54, 1.807) is 0 Å². The molecule has 72 valence electrons. The van der Waals surface area contributed by atoms with Gasteiger partial charge in [-0.05, 0) is 24.3 Å². The molecule has 0 radical (unpaired) electrons. The van der Waals surface area contributed by atoms with Gasteiger partial charge in [-0.2, -0.15) is 8.42 Å². The van der Waals surface area contributed by atoms with Crippen molar-refractivity contribution in [2.24, 2.45) is 0 Å². The molecule has 1 aromatic rings. The highest BCUT2D eigenvalue weighted by Crippen LogP contribution is 2.23. The Morgan fingerprint density at radius 2 is 1.62 bits per heavy atom. The topological polar surface area (TPSA) is 57.6 Å². The highest BCUT2D eigenvalue weighted by Gasteiger charge is 2.08. The summed E-state index contributed by atoms with van der Waals surface area (Å²) in [6.45, 7) is 0. The second-order valence-electron chi connectivity index (χ2n) is 2.20. The molecule has 1 aromatic carbocycles. The van der Waals surface area contributed by atoms with E-state index < -0.39 is 10.1 Å². The molecule has 0 atom stereocenters. The summed E-state index contributed by atoms with van der Waals surface area (Å²) >= 11 is 6.19. The van der Waals surface area contributed by atoms with E-state index in [1.165, 1.54) is 27.2 Å². The Hall–Kier alpha value is -0.110. The zero-order chi connectivity index (χ0) is 10.1. The fourth-order valence-electron chi connectivity index (χ4n) is 0.731. The third-order valence-electron chi connectivity index (χ3n) is 1.33. The van der Waals surface area contributed by atoms with Crippen LogP contribution in [-0.2, 0) is 10.1 Å². The molecule has 7 heteroatoms. The van der Waals surface area contributed by atoms with Gasteiger partial charge >= 0.3 is 0 Å². The fourth-order valence-corrected chi connectivity index (χ4v) is 1.68. The summed E-state index contributed by atoms with van der Waals surface area (Å²) in [6, 6.07) is 5.68. The first-order chi connectivity index (χ1) is 5.91. The molecule has 0 aliphatic rings. The quantitative estimate of drug-likeness (QED) is 0.668. The normalized spacial score (nSPS) is 11.3. The molecule has 0 fully saturated rings. The molecule has 0 spiro atoms. The first-order valence-electron chi connectivity index (χ1n) is 3.10. The Labute approximate surface area is 93.0 Å². The lowest BCUT2D eigenvalue weighted by Crippen LogP contribution is -1.98. The summed E-state index contributed by atoms with van der Waals surface area (Å²) in [5.74, 6) is 0. The summed E-state index contributed by atoms with van der Waals surface area (Å²) in [5.41, 5.74) is 0.715. The van der Waals surface area contributed by atoms with E-state index in [-0.39, 0.29) is 4.90 Å². The first-order valence-corrected chi connectivity index (χ1v) is 5.96. The molecule has 0 aliphatic carbocycles. The Bertz CT molecular complexity index is 387. The second kappa shape index (κ2) is 3.95. The molecule has 4 nitrogen and oxygen atoms in total. The molecule has 0 bridgehead atoms. The minimum absolute atomic E-state index is 0.127. The smallest absolute Gasteiger partial charge is 0.282 e. The molecule has 0 saturated heterocycles. The molecule has 1 N–H and O–H groups in total. The summed E-state index contributed by atoms with van der Waals surface area (Å²) in [7, 11) is -4.09. The van der Waals surface area contributed by atoms with Crippen LogP contribution in [0, 0.1) is 0 Å². The zero-order valence-electron chi connectivity index (χ0n) is 6.18. The van der Waals surface area contributed by atoms with Gasteiger partial charge in [-0.25, -0.2) is 2.95 Å². The van der Waals surface area contributed by atoms with Crippen molar-refractivity contribution in [3.63, 3.8) is 0 Å². The lowest BCUT2D eigenvalue weighted by atomic mass is 10.3. The zero-order valence-corrected chi connectivity index (χ0v) is 10.2. The molecule has 0 unspecified atom stereocenters. The van der Waals surface area contributed by atoms with Crippen LogP contribution in [0.2, 0.25) is 0 Å². The van der Waals surface area contributed by atoms with E-state index >= 15 is 0 Å². The van der Waals surface area contributed by atoms with Crippen molar-refractivity contribution >= 4 is 48.1 Å². The number of halogens is 2. The van der Waals surface area contributed by atoms with Crippen LogP contribution in [0.25, 0.3) is 0 Å². The first kappa shape index (κ1) is 11.0. The second-order valence-corrected chi connectivity index (χ2v) is 5.99. The van der Waals surface area contributed by atoms with Gasteiger partial charge < -0.3 is 0 Å². The van der Waals surface area contributed by atoms with Crippen LogP contribution in [0.4, 0.5) is 5.69 Å². The molecule has 0 aliphatic heterocycles. The van der Waals surface area contributed by atoms with Crippen molar-refractivity contribution in [3.8, 4) is 0 Å². The van der Waals surface area contributed by atoms with Crippen LogP contribution in [0.1, 0.15) is 0 Å². The van der Waals surface area contributed by atoms with Crippen molar-refractivity contribution in [2.75, 3.05) is 2.95 Å². The summed E-state index contributed by atoms with van der Waals surface area (Å²) in [5, 5.41) is 0. The van der Waals surface area contributed by atoms with Crippen molar-refractivity contribution in [1.29, 1.82) is 0 Å². The molecule has 1 rings (SSSR count). The van der Waals surface area contributed by atoms with Gasteiger partial charge in [0.15, 0.2) is 0 Å². The molecular weight excluding hydrogens is 326 g/mol. The standard InChI is InChI=1S/C6H5Br2NO3S/c7-9(8)5-1-3-6(4-2-5)13(10,11)12/h1-4H,(H,10,11,12). The molecule has 13 heavy (non-hydrogen) atoms. The van der Waals surface area contributed by atoms with E-state index in [0.717, 1.165) is 0 Å². The number of anilines is 1. The Morgan fingerprint density at radius 3 is 1.92 bits per heavy atom. The molecular formula is C6H5Br2NO3S. The summed E-state index contributed by atoms with van der Waals surface area (Å²) in [6.07, 6.45) is 0. The minimum Gasteiger partial charge on any atom is -0.282 e. The van der Waals surface area contributed by atoms with Gasteiger partial charge in [0, 0.05) is 0 Å². The van der Waals surface area contributed by atoms with Gasteiger partial charge in [0.1, 0.15) is 0 Å². The minimum atomic E-state index is -4.09. The Balaban J connectivity index is 3.08. The van der Waals surface area contributed by atoms with Crippen molar-refractivity contribution in [3.05, 3.63) is 24.3 Å². The maximum absolute atomic E-state index is 10.6. The number of hydrogen-bond acceptors (Lipinski definition) is 3. The van der Waals surface area contributed by atoms with Gasteiger partial charge in [-0.1, -0.05) is 0 Å². The van der Waals surface area contributed by atoms with E-state index in [1.807, 2.05) is 0 Å². The number of rotatable bonds is 2. The highest BCUT2D eigenvalue weighted by atomic mass is 79.9. The SMILES string of the molecule is O=S(=O)(O)c1ccc(N(Br)Br)cc1. The molecule has 0 heterocycles. The third-order valence-corrected chi connectivity index (χ3v) is 3.02. The number of hydrogen-bond donors (Lipinski definition) is 1. The van der Waals surface area contributed by atoms with Gasteiger partial charge in [0.2, 0.25) is 0 Å². The van der Waals surface area contributed by atoms with Crippen LogP contribution >= 0.6 is 32.3 Å². The fraction of sp³-hybridized carbons (Fsp3) is 0. The van der Waals surface area contributed by atoms with E-state index in [4.69, 9.17) is 4.55 Å². The predicted octanol–water partition coefficient (Wildman–Crippen LogP) is 2.36. The van der Waals surface area contributed by atoms with E-state index in [0.29, 0.717) is 5.69 Å². The van der Waals surface area contributed by atoms with Gasteiger partial charge in [-0.3, -0.25) is 4.55 Å². The van der Waals surface area contributed by atoms with Crippen LogP contribution in [0.15, 0.2) is 29.2 Å². The lowest BCUT2D eigenvalue weighted by molar-refractivity contribution is 0.483. The van der Waals surface area contributed by atoms with E-state index in [2.05, 4.69) is 32.3 Å². The van der Waals surface area contributed by atoms with E-state index in [9.17, 15) is 8.42 Å². The predicted molar refractivity (Wildman–Crippen MR) is 56.6 cm³/mol. The highest BCUT2D eigenvalue weighted by molar-refractivity contribution is 9.25. The monoisotopic (exact) mass is 329 g/mol. The molecule has 0 saturated carbocycles. The summed E-state index contributed by atoms with van der Waals surface area (Å²) in [4.78, 5) is -0.127. The number of benzene rings is 1. The van der Waals surface area contributed by atoms with Crippen molar-refractivity contribution in [1.82, 2.24) is 0 Å². The number of nitrogens with zero attached hydrogens (tertiary/aromatic N) is 1. The van der Waals surface area contributed by atoms with Gasteiger partial charge in [0.25, 0.3) is 10.1 Å². The van der Waals surface area contributed by atoms with Crippen LogP contribution in [0.5, 0.6) is 0 Å². The van der Waals surface area contributed by atoms with Crippen molar-refractivity contribution < 1.29 is 13.0 Å². The average Bonchev–Trinajstić information content (AvgIpc) is 2.03. The average molecular weight is 331 g/mol. The van der Waals surface area contributed by atoms with Crippen molar-refractivity contribution in [2.45, 2.75) is 4.90 Å². The van der Waals surface area contributed by atoms with Crippen LogP contribution < -0.4 is 2.95 Å². The van der Waals surface area contributed by atoms with Gasteiger partial charge in [0.05, 0.1) is 42.9 Å². The Kier molecular flexibility index (Phi) is 3.33. The third kappa shape index (κ3) is 2.94. The lowest BCUT2D eigenvalue weighted by Gasteiger charge is -2.06. The van der Waals surface area contributed by atoms with Crippen LogP contribution in [0.3, 0.4) is 0 Å².